The molecule has 2 aromatic rings. The Morgan fingerprint density at radius 2 is 2.06 bits per heavy atom. The molecule has 1 spiro atoms. The van der Waals surface area contributed by atoms with E-state index in [-0.39, 0.29) is 28.3 Å². The molecular formula is C23H27F3N6O3. The van der Waals surface area contributed by atoms with Crippen LogP contribution in [-0.4, -0.2) is 63.9 Å². The summed E-state index contributed by atoms with van der Waals surface area (Å²) in [6, 6.07) is 3.02. The van der Waals surface area contributed by atoms with Crippen LogP contribution in [0.5, 0.6) is 5.75 Å². The molecule has 2 amide bonds. The number of hydrogen-bond acceptors (Lipinski definition) is 6. The van der Waals surface area contributed by atoms with Gasteiger partial charge < -0.3 is 25.4 Å². The Hall–Kier alpha value is -3.02. The van der Waals surface area contributed by atoms with Crippen molar-refractivity contribution in [1.82, 2.24) is 25.0 Å². The number of carbonyl (C=O) groups is 1. The maximum atomic E-state index is 12.9. The molecule has 4 fully saturated rings. The smallest absolute Gasteiger partial charge is 0.402 e. The highest BCUT2D eigenvalue weighted by molar-refractivity contribution is 5.75. The molecule has 1 saturated carbocycles. The first-order valence-corrected chi connectivity index (χ1v) is 11.7. The second-order valence-corrected chi connectivity index (χ2v) is 10.7. The molecule has 5 aliphatic rings. The van der Waals surface area contributed by atoms with Crippen LogP contribution in [0.2, 0.25) is 0 Å². The van der Waals surface area contributed by atoms with E-state index >= 15 is 0 Å². The molecule has 2 bridgehead atoms. The van der Waals surface area contributed by atoms with Crippen molar-refractivity contribution in [3.63, 3.8) is 0 Å². The first-order chi connectivity index (χ1) is 16.5. The molecule has 1 atom stereocenters. The number of carbonyl (C=O) groups excluding carboxylic acids is 1. The standard InChI is InChI=1S/C23H27F3N6O3/c1-20-9-21(10-20,13-34-20)11-29-19(33)31-4-2-22(12-31)3-5-32-17(22)7-15(30-32)14-6-16(18(27)28-8-14)35-23(24,25)26/h6-8H,2-5,9-13H2,1H3,(H2,27,28)(H,29,33)/t20?,21?,22-/m1/s1. The lowest BCUT2D eigenvalue weighted by Crippen LogP contribution is -2.51. The van der Waals surface area contributed by atoms with Crippen molar-refractivity contribution >= 4 is 11.8 Å². The minimum Gasteiger partial charge on any atom is -0.402 e. The molecule has 35 heavy (non-hydrogen) atoms. The highest BCUT2D eigenvalue weighted by Crippen LogP contribution is 2.57. The number of anilines is 1. The number of halogens is 3. The van der Waals surface area contributed by atoms with Gasteiger partial charge in [-0.05, 0) is 44.7 Å². The summed E-state index contributed by atoms with van der Waals surface area (Å²) in [6.45, 7) is 5.34. The summed E-state index contributed by atoms with van der Waals surface area (Å²) >= 11 is 0. The molecule has 12 heteroatoms. The maximum Gasteiger partial charge on any atom is 0.573 e. The van der Waals surface area contributed by atoms with Crippen molar-refractivity contribution in [3.05, 3.63) is 24.0 Å². The normalized spacial score (nSPS) is 31.0. The Morgan fingerprint density at radius 1 is 1.29 bits per heavy atom. The van der Waals surface area contributed by atoms with Crippen LogP contribution < -0.4 is 15.8 Å². The summed E-state index contributed by atoms with van der Waals surface area (Å²) in [4.78, 5) is 18.6. The van der Waals surface area contributed by atoms with Crippen molar-refractivity contribution < 1.29 is 27.4 Å². The van der Waals surface area contributed by atoms with E-state index in [0.29, 0.717) is 44.0 Å². The first kappa shape index (κ1) is 22.4. The second kappa shape index (κ2) is 7.25. The number of aryl methyl sites for hydroxylation is 1. The Morgan fingerprint density at radius 3 is 2.77 bits per heavy atom. The number of rotatable bonds is 4. The number of aromatic nitrogens is 3. The predicted octanol–water partition coefficient (Wildman–Crippen LogP) is 3.05. The SMILES string of the molecule is CC12CC(CNC(=O)N3CC[C@@]4(CCn5nc(-c6cnc(N)c(OC(F)(F)F)c6)cc54)C3)(CO1)C2. The zero-order valence-electron chi connectivity index (χ0n) is 19.3. The highest BCUT2D eigenvalue weighted by Gasteiger charge is 2.59. The number of nitrogen functional groups attached to an aromatic ring is 1. The van der Waals surface area contributed by atoms with Crippen LogP contribution >= 0.6 is 0 Å². The van der Waals surface area contributed by atoms with Gasteiger partial charge in [-0.25, -0.2) is 9.78 Å². The summed E-state index contributed by atoms with van der Waals surface area (Å²) in [5.74, 6) is -0.900. The maximum absolute atomic E-state index is 12.9. The quantitative estimate of drug-likeness (QED) is 0.680. The Labute approximate surface area is 199 Å². The third kappa shape index (κ3) is 3.78. The average Bonchev–Trinajstić information content (AvgIpc) is 3.55. The Balaban J connectivity index is 1.16. The lowest BCUT2D eigenvalue weighted by atomic mass is 9.63. The van der Waals surface area contributed by atoms with Gasteiger partial charge in [0.2, 0.25) is 0 Å². The summed E-state index contributed by atoms with van der Waals surface area (Å²) < 4.78 is 49.8. The van der Waals surface area contributed by atoms with Gasteiger partial charge in [0.15, 0.2) is 11.6 Å². The highest BCUT2D eigenvalue weighted by atomic mass is 19.4. The summed E-state index contributed by atoms with van der Waals surface area (Å²) in [5.41, 5.74) is 7.25. The van der Waals surface area contributed by atoms with Crippen LogP contribution in [0.4, 0.5) is 23.8 Å². The molecular weight excluding hydrogens is 465 g/mol. The van der Waals surface area contributed by atoms with E-state index in [2.05, 4.69) is 27.1 Å². The monoisotopic (exact) mass is 492 g/mol. The topological polar surface area (TPSA) is 108 Å². The number of nitrogens with one attached hydrogen (secondary N) is 1. The van der Waals surface area contributed by atoms with Crippen LogP contribution in [0.3, 0.4) is 0 Å². The number of nitrogens with zero attached hydrogens (tertiary/aromatic N) is 4. The van der Waals surface area contributed by atoms with E-state index in [0.717, 1.165) is 31.4 Å². The Kier molecular flexibility index (Phi) is 4.65. The minimum absolute atomic E-state index is 0.0119. The molecule has 1 aliphatic carbocycles. The molecule has 6 heterocycles. The number of urea groups is 1. The number of amides is 2. The largest absolute Gasteiger partial charge is 0.573 e. The van der Waals surface area contributed by atoms with Crippen LogP contribution in [0.1, 0.15) is 38.3 Å². The van der Waals surface area contributed by atoms with Crippen molar-refractivity contribution in [2.75, 3.05) is 32.0 Å². The Bertz CT molecular complexity index is 1190. The van der Waals surface area contributed by atoms with E-state index in [9.17, 15) is 18.0 Å². The number of hydrogen-bond donors (Lipinski definition) is 2. The van der Waals surface area contributed by atoms with Crippen molar-refractivity contribution in [2.24, 2.45) is 5.41 Å². The molecule has 2 aromatic heterocycles. The number of likely N-dealkylation sites (tertiary alicyclic amines) is 1. The van der Waals surface area contributed by atoms with Gasteiger partial charge in [0.1, 0.15) is 0 Å². The van der Waals surface area contributed by atoms with Crippen molar-refractivity contribution in [1.29, 1.82) is 0 Å². The van der Waals surface area contributed by atoms with Gasteiger partial charge in [0.05, 0.1) is 17.9 Å². The zero-order valence-corrected chi connectivity index (χ0v) is 19.3. The molecule has 0 aromatic carbocycles. The summed E-state index contributed by atoms with van der Waals surface area (Å²) in [7, 11) is 0. The van der Waals surface area contributed by atoms with Crippen LogP contribution in [0.15, 0.2) is 18.3 Å². The van der Waals surface area contributed by atoms with E-state index in [4.69, 9.17) is 10.5 Å². The summed E-state index contributed by atoms with van der Waals surface area (Å²) in [5, 5.41) is 7.71. The van der Waals surface area contributed by atoms with E-state index in [1.807, 2.05) is 15.6 Å². The second-order valence-electron chi connectivity index (χ2n) is 10.7. The fraction of sp³-hybridized carbons (Fsp3) is 0.609. The van der Waals surface area contributed by atoms with Gasteiger partial charge in [-0.3, -0.25) is 4.68 Å². The third-order valence-electron chi connectivity index (χ3n) is 8.01. The zero-order chi connectivity index (χ0) is 24.6. The van der Waals surface area contributed by atoms with Gasteiger partial charge >= 0.3 is 12.4 Å². The fourth-order valence-electron chi connectivity index (χ4n) is 6.48. The minimum atomic E-state index is -4.87. The number of alkyl halides is 3. The van der Waals surface area contributed by atoms with Gasteiger partial charge in [-0.1, -0.05) is 0 Å². The first-order valence-electron chi connectivity index (χ1n) is 11.7. The van der Waals surface area contributed by atoms with Crippen molar-refractivity contribution in [3.8, 4) is 17.0 Å². The number of nitrogens with two attached hydrogens (primary N) is 1. The molecule has 0 radical (unpaired) electrons. The van der Waals surface area contributed by atoms with Crippen LogP contribution in [0, 0.1) is 5.41 Å². The average molecular weight is 493 g/mol. The third-order valence-corrected chi connectivity index (χ3v) is 8.01. The van der Waals surface area contributed by atoms with E-state index in [1.165, 1.54) is 12.3 Å². The van der Waals surface area contributed by atoms with Crippen LogP contribution in [0.25, 0.3) is 11.3 Å². The molecule has 0 unspecified atom stereocenters. The summed E-state index contributed by atoms with van der Waals surface area (Å²) in [6.07, 6.45) is 0.155. The van der Waals surface area contributed by atoms with Gasteiger partial charge in [0, 0.05) is 54.5 Å². The number of ether oxygens (including phenoxy) is 2. The molecule has 3 saturated heterocycles. The number of fused-ring (bicyclic) bond motifs is 3. The molecule has 9 nitrogen and oxygen atoms in total. The number of pyridine rings is 1. The molecule has 7 rings (SSSR count). The van der Waals surface area contributed by atoms with Gasteiger partial charge in [-0.15, -0.1) is 13.2 Å². The molecule has 188 valence electrons. The van der Waals surface area contributed by atoms with Gasteiger partial charge in [-0.2, -0.15) is 5.10 Å². The van der Waals surface area contributed by atoms with E-state index < -0.39 is 12.1 Å². The fourth-order valence-corrected chi connectivity index (χ4v) is 6.48. The lowest BCUT2D eigenvalue weighted by molar-refractivity contribution is -0.274. The van der Waals surface area contributed by atoms with Crippen LogP contribution in [-0.2, 0) is 16.7 Å². The van der Waals surface area contributed by atoms with Gasteiger partial charge in [0.25, 0.3) is 0 Å². The van der Waals surface area contributed by atoms with Crippen molar-refractivity contribution in [2.45, 2.75) is 56.5 Å². The predicted molar refractivity (Wildman–Crippen MR) is 118 cm³/mol. The lowest BCUT2D eigenvalue weighted by Gasteiger charge is -2.42. The van der Waals surface area contributed by atoms with E-state index in [1.54, 1.807) is 0 Å². The molecule has 4 aliphatic heterocycles. The molecule has 3 N–H and O–H groups in total.